The lowest BCUT2D eigenvalue weighted by Crippen LogP contribution is -2.35. The van der Waals surface area contributed by atoms with Crippen molar-refractivity contribution in [3.63, 3.8) is 0 Å². The SMILES string of the molecule is CNC(C)C(=O)Nc1ccc(-c2cnccc2C#N)c(C#Cc2cc(F)cc(F)c2)n1. The smallest absolute Gasteiger partial charge is 0.242 e. The van der Waals surface area contributed by atoms with E-state index in [9.17, 15) is 18.8 Å². The zero-order valence-corrected chi connectivity index (χ0v) is 16.7. The first-order valence-corrected chi connectivity index (χ1v) is 9.23. The second-order valence-corrected chi connectivity index (χ2v) is 6.53. The fourth-order valence-corrected chi connectivity index (χ4v) is 2.67. The standard InChI is InChI=1S/C23H17F2N5O/c1-14(27-2)23(31)30-22-6-4-19(20-13-28-8-7-16(20)12-26)21(29-22)5-3-15-9-17(24)11-18(25)10-15/h4,6-11,13-14,27H,1-2H3,(H,29,30,31). The van der Waals surface area contributed by atoms with E-state index in [1.807, 2.05) is 0 Å². The lowest BCUT2D eigenvalue weighted by molar-refractivity contribution is -0.117. The Morgan fingerprint density at radius 3 is 2.52 bits per heavy atom. The third kappa shape index (κ3) is 5.27. The largest absolute Gasteiger partial charge is 0.309 e. The van der Waals surface area contributed by atoms with Crippen LogP contribution in [0.3, 0.4) is 0 Å². The molecule has 1 aromatic carbocycles. The van der Waals surface area contributed by atoms with Crippen LogP contribution in [0.5, 0.6) is 0 Å². The molecule has 2 N–H and O–H groups in total. The molecule has 0 saturated carbocycles. The maximum absolute atomic E-state index is 13.5. The highest BCUT2D eigenvalue weighted by Crippen LogP contribution is 2.26. The van der Waals surface area contributed by atoms with Gasteiger partial charge in [-0.2, -0.15) is 5.26 Å². The fraction of sp³-hybridized carbons (Fsp3) is 0.130. The monoisotopic (exact) mass is 417 g/mol. The zero-order valence-electron chi connectivity index (χ0n) is 16.7. The van der Waals surface area contributed by atoms with E-state index in [1.54, 1.807) is 32.2 Å². The number of rotatable bonds is 4. The number of nitriles is 1. The number of carbonyl (C=O) groups is 1. The van der Waals surface area contributed by atoms with Gasteiger partial charge in [0.1, 0.15) is 23.1 Å². The van der Waals surface area contributed by atoms with Gasteiger partial charge in [-0.1, -0.05) is 5.92 Å². The summed E-state index contributed by atoms with van der Waals surface area (Å²) in [4.78, 5) is 20.6. The minimum Gasteiger partial charge on any atom is -0.309 e. The van der Waals surface area contributed by atoms with Crippen LogP contribution in [-0.4, -0.2) is 29.0 Å². The van der Waals surface area contributed by atoms with E-state index >= 15 is 0 Å². The van der Waals surface area contributed by atoms with Gasteiger partial charge in [-0.3, -0.25) is 9.78 Å². The van der Waals surface area contributed by atoms with E-state index in [0.717, 1.165) is 18.2 Å². The van der Waals surface area contributed by atoms with Crippen molar-refractivity contribution in [2.24, 2.45) is 0 Å². The van der Waals surface area contributed by atoms with Crippen molar-refractivity contribution in [1.29, 1.82) is 5.26 Å². The van der Waals surface area contributed by atoms with E-state index in [1.165, 1.54) is 12.4 Å². The second kappa shape index (κ2) is 9.57. The number of carbonyl (C=O) groups excluding carboxylic acids is 1. The predicted molar refractivity (Wildman–Crippen MR) is 112 cm³/mol. The Hall–Kier alpha value is -4.14. The first kappa shape index (κ1) is 21.6. The highest BCUT2D eigenvalue weighted by Gasteiger charge is 2.14. The van der Waals surface area contributed by atoms with E-state index < -0.39 is 17.7 Å². The quantitative estimate of drug-likeness (QED) is 0.636. The Kier molecular flexibility index (Phi) is 6.66. The molecule has 2 aromatic heterocycles. The molecule has 6 nitrogen and oxygen atoms in total. The average molecular weight is 417 g/mol. The van der Waals surface area contributed by atoms with Crippen LogP contribution in [0, 0.1) is 34.8 Å². The van der Waals surface area contributed by atoms with E-state index in [2.05, 4.69) is 38.5 Å². The molecule has 3 aromatic rings. The number of likely N-dealkylation sites (N-methyl/N-ethyl adjacent to an activating group) is 1. The number of benzene rings is 1. The Morgan fingerprint density at radius 2 is 1.84 bits per heavy atom. The number of anilines is 1. The number of nitrogens with zero attached hydrogens (tertiary/aromatic N) is 3. The zero-order chi connectivity index (χ0) is 22.4. The van der Waals surface area contributed by atoms with Crippen LogP contribution >= 0.6 is 0 Å². The minimum absolute atomic E-state index is 0.121. The van der Waals surface area contributed by atoms with Gasteiger partial charge in [0, 0.05) is 35.2 Å². The molecule has 0 aliphatic carbocycles. The molecule has 0 aliphatic rings. The number of pyridine rings is 2. The van der Waals surface area contributed by atoms with Crippen molar-refractivity contribution in [2.75, 3.05) is 12.4 Å². The summed E-state index contributed by atoms with van der Waals surface area (Å²) in [6.45, 7) is 1.69. The van der Waals surface area contributed by atoms with Gasteiger partial charge in [-0.25, -0.2) is 13.8 Å². The molecule has 1 amide bonds. The van der Waals surface area contributed by atoms with Crippen LogP contribution in [0.1, 0.15) is 23.7 Å². The Balaban J connectivity index is 2.10. The molecule has 0 radical (unpaired) electrons. The normalized spacial score (nSPS) is 11.1. The number of hydrogen-bond acceptors (Lipinski definition) is 5. The molecule has 3 rings (SSSR count). The van der Waals surface area contributed by atoms with Crippen molar-refractivity contribution >= 4 is 11.7 Å². The molecule has 8 heteroatoms. The summed E-state index contributed by atoms with van der Waals surface area (Å²) in [6, 6.07) is 9.37. The maximum Gasteiger partial charge on any atom is 0.242 e. The van der Waals surface area contributed by atoms with E-state index in [-0.39, 0.29) is 23.0 Å². The second-order valence-electron chi connectivity index (χ2n) is 6.53. The minimum atomic E-state index is -0.751. The summed E-state index contributed by atoms with van der Waals surface area (Å²) in [6.07, 6.45) is 2.99. The molecule has 1 atom stereocenters. The molecular formula is C23H17F2N5O. The molecule has 31 heavy (non-hydrogen) atoms. The number of halogens is 2. The fourth-order valence-electron chi connectivity index (χ4n) is 2.67. The Morgan fingerprint density at radius 1 is 1.10 bits per heavy atom. The molecule has 0 aliphatic heterocycles. The molecule has 2 heterocycles. The molecule has 0 fully saturated rings. The summed E-state index contributed by atoms with van der Waals surface area (Å²) in [5.41, 5.74) is 1.68. The van der Waals surface area contributed by atoms with Gasteiger partial charge in [-0.15, -0.1) is 0 Å². The number of nitrogens with one attached hydrogen (secondary N) is 2. The lowest BCUT2D eigenvalue weighted by atomic mass is 10.0. The van der Waals surface area contributed by atoms with Gasteiger partial charge in [0.25, 0.3) is 0 Å². The molecule has 0 spiro atoms. The summed E-state index contributed by atoms with van der Waals surface area (Å²) >= 11 is 0. The van der Waals surface area contributed by atoms with Gasteiger partial charge in [0.2, 0.25) is 5.91 Å². The van der Waals surface area contributed by atoms with E-state index in [4.69, 9.17) is 0 Å². The molecule has 154 valence electrons. The molecule has 0 saturated heterocycles. The third-order valence-corrected chi connectivity index (χ3v) is 4.39. The highest BCUT2D eigenvalue weighted by molar-refractivity contribution is 5.94. The van der Waals surface area contributed by atoms with Crippen molar-refractivity contribution < 1.29 is 13.6 Å². The number of hydrogen-bond donors (Lipinski definition) is 2. The van der Waals surface area contributed by atoms with Crippen LogP contribution in [0.4, 0.5) is 14.6 Å². The maximum atomic E-state index is 13.5. The lowest BCUT2D eigenvalue weighted by Gasteiger charge is -2.12. The highest BCUT2D eigenvalue weighted by atomic mass is 19.1. The van der Waals surface area contributed by atoms with Crippen molar-refractivity contribution in [2.45, 2.75) is 13.0 Å². The summed E-state index contributed by atoms with van der Waals surface area (Å²) in [5.74, 6) is 3.92. The van der Waals surface area contributed by atoms with Gasteiger partial charge in [-0.05, 0) is 50.2 Å². The predicted octanol–water partition coefficient (Wildman–Crippen LogP) is 3.24. The molecule has 1 unspecified atom stereocenters. The van der Waals surface area contributed by atoms with Gasteiger partial charge in [0.05, 0.1) is 17.7 Å². The Bertz CT molecular complexity index is 1220. The third-order valence-electron chi connectivity index (χ3n) is 4.39. The van der Waals surface area contributed by atoms with Crippen molar-refractivity contribution in [3.8, 4) is 29.0 Å². The van der Waals surface area contributed by atoms with Crippen LogP contribution in [0.25, 0.3) is 11.1 Å². The van der Waals surface area contributed by atoms with Crippen LogP contribution in [0.15, 0.2) is 48.8 Å². The van der Waals surface area contributed by atoms with Crippen LogP contribution in [0.2, 0.25) is 0 Å². The van der Waals surface area contributed by atoms with Crippen molar-refractivity contribution in [1.82, 2.24) is 15.3 Å². The van der Waals surface area contributed by atoms with Crippen LogP contribution < -0.4 is 10.6 Å². The number of amides is 1. The summed E-state index contributed by atoms with van der Waals surface area (Å²) < 4.78 is 27.0. The first-order valence-electron chi connectivity index (χ1n) is 9.23. The van der Waals surface area contributed by atoms with Gasteiger partial charge in [0.15, 0.2) is 0 Å². The van der Waals surface area contributed by atoms with Crippen molar-refractivity contribution in [3.05, 3.63) is 77.2 Å². The summed E-state index contributed by atoms with van der Waals surface area (Å²) in [7, 11) is 1.65. The molecule has 0 bridgehead atoms. The topological polar surface area (TPSA) is 90.7 Å². The number of aromatic nitrogens is 2. The Labute approximate surface area is 178 Å². The van der Waals surface area contributed by atoms with E-state index in [0.29, 0.717) is 16.7 Å². The van der Waals surface area contributed by atoms with Gasteiger partial charge < -0.3 is 10.6 Å². The van der Waals surface area contributed by atoms with Gasteiger partial charge >= 0.3 is 0 Å². The average Bonchev–Trinajstić information content (AvgIpc) is 2.76. The summed E-state index contributed by atoms with van der Waals surface area (Å²) in [5, 5.41) is 14.9. The first-order chi connectivity index (χ1) is 14.9. The molecular weight excluding hydrogens is 400 g/mol. The van der Waals surface area contributed by atoms with Crippen LogP contribution in [-0.2, 0) is 4.79 Å².